The van der Waals surface area contributed by atoms with Gasteiger partial charge in [0, 0.05) is 12.0 Å². The Hall–Kier alpha value is -2.90. The molecule has 8 nitrogen and oxygen atoms in total. The van der Waals surface area contributed by atoms with E-state index >= 15 is 0 Å². The van der Waals surface area contributed by atoms with E-state index < -0.39 is 11.7 Å². The van der Waals surface area contributed by atoms with E-state index in [0.29, 0.717) is 24.4 Å². The Balaban J connectivity index is 1.87. The molecule has 1 unspecified atom stereocenters. The number of oxime groups is 1. The third-order valence-electron chi connectivity index (χ3n) is 4.06. The maximum Gasteiger partial charge on any atom is 0.427 e. The summed E-state index contributed by atoms with van der Waals surface area (Å²) in [6.07, 6.45) is 1.95. The number of carbonyl (C=O) groups excluding carboxylic acids is 2. The molecular weight excluding hydrogens is 312 g/mol. The van der Waals surface area contributed by atoms with Crippen LogP contribution >= 0.6 is 0 Å². The van der Waals surface area contributed by atoms with Crippen LogP contribution in [0.25, 0.3) is 0 Å². The lowest BCUT2D eigenvalue weighted by atomic mass is 9.81. The van der Waals surface area contributed by atoms with Gasteiger partial charge in [0.05, 0.1) is 12.8 Å². The van der Waals surface area contributed by atoms with Crippen molar-refractivity contribution in [2.45, 2.75) is 31.3 Å². The van der Waals surface area contributed by atoms with Gasteiger partial charge in [-0.1, -0.05) is 35.5 Å². The maximum atomic E-state index is 12.7. The molecule has 2 aliphatic rings. The Kier molecular flexibility index (Phi) is 4.45. The van der Waals surface area contributed by atoms with Crippen LogP contribution in [0.5, 0.6) is 0 Å². The predicted molar refractivity (Wildman–Crippen MR) is 86.4 cm³/mol. The zero-order valence-electron chi connectivity index (χ0n) is 13.2. The summed E-state index contributed by atoms with van der Waals surface area (Å²) in [6, 6.07) is 9.23. The van der Waals surface area contributed by atoms with Crippen LogP contribution in [-0.4, -0.2) is 36.3 Å². The first kappa shape index (κ1) is 16.0. The van der Waals surface area contributed by atoms with Gasteiger partial charge in [-0.2, -0.15) is 5.10 Å². The summed E-state index contributed by atoms with van der Waals surface area (Å²) >= 11 is 0. The third kappa shape index (κ3) is 2.94. The van der Waals surface area contributed by atoms with Gasteiger partial charge in [-0.15, -0.1) is 0 Å². The molecule has 1 aromatic rings. The molecule has 24 heavy (non-hydrogen) atoms. The number of nitrogens with zero attached hydrogens (tertiary/aromatic N) is 2. The van der Waals surface area contributed by atoms with Crippen LogP contribution in [0.2, 0.25) is 0 Å². The van der Waals surface area contributed by atoms with Crippen LogP contribution < -0.4 is 10.7 Å². The van der Waals surface area contributed by atoms with Gasteiger partial charge in [-0.05, 0) is 19.3 Å². The van der Waals surface area contributed by atoms with Gasteiger partial charge in [0.1, 0.15) is 0 Å². The maximum absolute atomic E-state index is 12.7. The second-order valence-corrected chi connectivity index (χ2v) is 5.55. The molecule has 1 aromatic carbocycles. The summed E-state index contributed by atoms with van der Waals surface area (Å²) < 4.78 is 4.49. The standard InChI is InChI=1S/C16H18N4O4/c1-23-15(22)19-18-12-9-5-6-10-16(12)14(21)17-13(20-24-16)11-7-3-2-4-8-11/h2-4,7-8H,5-6,9-10H2,1H3,(H,19,22)(H,17,20,21)/b18-12+. The summed E-state index contributed by atoms with van der Waals surface area (Å²) in [7, 11) is 1.24. The minimum atomic E-state index is -1.28. The molecule has 3 rings (SSSR count). The van der Waals surface area contributed by atoms with Crippen LogP contribution in [0.1, 0.15) is 31.2 Å². The fourth-order valence-corrected chi connectivity index (χ4v) is 2.78. The highest BCUT2D eigenvalue weighted by Crippen LogP contribution is 2.32. The number of rotatable bonds is 2. The van der Waals surface area contributed by atoms with Gasteiger partial charge < -0.3 is 14.9 Å². The monoisotopic (exact) mass is 330 g/mol. The molecule has 126 valence electrons. The molecule has 2 N–H and O–H groups in total. The smallest absolute Gasteiger partial charge is 0.427 e. The van der Waals surface area contributed by atoms with Crippen LogP contribution in [0.15, 0.2) is 40.6 Å². The summed E-state index contributed by atoms with van der Waals surface area (Å²) in [5.74, 6) is 0.0264. The van der Waals surface area contributed by atoms with Crippen molar-refractivity contribution in [3.05, 3.63) is 35.9 Å². The largest absolute Gasteiger partial charge is 0.452 e. The number of hydrogen-bond acceptors (Lipinski definition) is 6. The van der Waals surface area contributed by atoms with Gasteiger partial charge in [0.2, 0.25) is 0 Å². The second kappa shape index (κ2) is 6.69. The Morgan fingerprint density at radius 1 is 1.38 bits per heavy atom. The van der Waals surface area contributed by atoms with E-state index in [1.165, 1.54) is 7.11 Å². The highest BCUT2D eigenvalue weighted by Gasteiger charge is 2.50. The van der Waals surface area contributed by atoms with E-state index in [1.807, 2.05) is 30.3 Å². The van der Waals surface area contributed by atoms with Crippen LogP contribution in [0.3, 0.4) is 0 Å². The van der Waals surface area contributed by atoms with Crippen LogP contribution in [0, 0.1) is 0 Å². The highest BCUT2D eigenvalue weighted by molar-refractivity contribution is 6.20. The molecule has 0 radical (unpaired) electrons. The lowest BCUT2D eigenvalue weighted by Gasteiger charge is -2.36. The number of methoxy groups -OCH3 is 1. The van der Waals surface area contributed by atoms with Crippen molar-refractivity contribution in [2.75, 3.05) is 7.11 Å². The first-order valence-corrected chi connectivity index (χ1v) is 7.70. The first-order valence-electron chi connectivity index (χ1n) is 7.70. The van der Waals surface area contributed by atoms with Crippen molar-refractivity contribution < 1.29 is 19.2 Å². The lowest BCUT2D eigenvalue weighted by molar-refractivity contribution is -0.141. The molecule has 1 saturated carbocycles. The van der Waals surface area contributed by atoms with Crippen molar-refractivity contribution in [1.29, 1.82) is 0 Å². The summed E-state index contributed by atoms with van der Waals surface area (Å²) in [5, 5.41) is 10.9. The number of amidine groups is 1. The number of amides is 2. The Bertz CT molecular complexity index is 701. The van der Waals surface area contributed by atoms with Crippen LogP contribution in [-0.2, 0) is 14.4 Å². The number of benzene rings is 1. The zero-order valence-corrected chi connectivity index (χ0v) is 13.2. The van der Waals surface area contributed by atoms with E-state index in [1.54, 1.807) is 0 Å². The molecule has 1 fully saturated rings. The molecule has 2 amide bonds. The topological polar surface area (TPSA) is 101 Å². The number of nitrogens with one attached hydrogen (secondary N) is 2. The molecule has 1 heterocycles. The van der Waals surface area contributed by atoms with Crippen molar-refractivity contribution in [3.63, 3.8) is 0 Å². The van der Waals surface area contributed by atoms with Crippen molar-refractivity contribution in [1.82, 2.24) is 10.7 Å². The van der Waals surface area contributed by atoms with E-state index in [-0.39, 0.29) is 5.91 Å². The van der Waals surface area contributed by atoms with Crippen molar-refractivity contribution in [2.24, 2.45) is 10.3 Å². The molecule has 1 aliphatic carbocycles. The predicted octanol–water partition coefficient (Wildman–Crippen LogP) is 1.52. The average molecular weight is 330 g/mol. The number of ether oxygens (including phenoxy) is 1. The number of carbonyl (C=O) groups is 2. The molecule has 1 aliphatic heterocycles. The zero-order chi connectivity index (χ0) is 17.0. The van der Waals surface area contributed by atoms with Gasteiger partial charge >= 0.3 is 6.09 Å². The third-order valence-corrected chi connectivity index (χ3v) is 4.06. The number of hydrogen-bond donors (Lipinski definition) is 2. The van der Waals surface area contributed by atoms with E-state index in [4.69, 9.17) is 4.84 Å². The quantitative estimate of drug-likeness (QED) is 0.803. The van der Waals surface area contributed by atoms with E-state index in [0.717, 1.165) is 18.4 Å². The molecular formula is C16H18N4O4. The lowest BCUT2D eigenvalue weighted by Crippen LogP contribution is -2.59. The summed E-state index contributed by atoms with van der Waals surface area (Å²) in [6.45, 7) is 0. The van der Waals surface area contributed by atoms with Crippen LogP contribution in [0.4, 0.5) is 4.79 Å². The van der Waals surface area contributed by atoms with Gasteiger partial charge in [-0.25, -0.2) is 10.2 Å². The first-order chi connectivity index (χ1) is 11.7. The summed E-state index contributed by atoms with van der Waals surface area (Å²) in [4.78, 5) is 29.6. The number of hydrazone groups is 1. The highest BCUT2D eigenvalue weighted by atomic mass is 16.7. The molecule has 0 saturated heterocycles. The molecule has 1 atom stereocenters. The minimum absolute atomic E-state index is 0.332. The second-order valence-electron chi connectivity index (χ2n) is 5.55. The Morgan fingerprint density at radius 2 is 2.17 bits per heavy atom. The van der Waals surface area contributed by atoms with Crippen molar-refractivity contribution in [3.8, 4) is 0 Å². The van der Waals surface area contributed by atoms with Gasteiger partial charge in [0.25, 0.3) is 11.5 Å². The van der Waals surface area contributed by atoms with Gasteiger partial charge in [-0.3, -0.25) is 4.79 Å². The normalized spacial score (nSPS) is 24.8. The van der Waals surface area contributed by atoms with E-state index in [9.17, 15) is 9.59 Å². The van der Waals surface area contributed by atoms with E-state index in [2.05, 4.69) is 25.7 Å². The minimum Gasteiger partial charge on any atom is -0.452 e. The van der Waals surface area contributed by atoms with Gasteiger partial charge in [0.15, 0.2) is 5.84 Å². The molecule has 8 heteroatoms. The molecule has 0 aromatic heterocycles. The Morgan fingerprint density at radius 3 is 2.88 bits per heavy atom. The fraction of sp³-hybridized carbons (Fsp3) is 0.375. The molecule has 0 bridgehead atoms. The fourth-order valence-electron chi connectivity index (χ4n) is 2.78. The molecule has 1 spiro atoms. The summed E-state index contributed by atoms with van der Waals surface area (Å²) in [5.41, 5.74) is 2.17. The SMILES string of the molecule is COC(=O)N/N=C1\CCCCC12ON=C(c1ccccc1)NC2=O. The average Bonchev–Trinajstić information content (AvgIpc) is 2.63. The van der Waals surface area contributed by atoms with Crippen molar-refractivity contribution >= 4 is 23.5 Å². The Labute approximate surface area is 138 Å².